The molecule has 0 aliphatic carbocycles. The van der Waals surface area contributed by atoms with E-state index in [1.807, 2.05) is 13.8 Å². The Bertz CT molecular complexity index is 1610. The van der Waals surface area contributed by atoms with Crippen LogP contribution in [0.15, 0.2) is 54.1 Å². The van der Waals surface area contributed by atoms with E-state index >= 15 is 0 Å². The Morgan fingerprint density at radius 1 is 0.950 bits per heavy atom. The number of nitrogens with zero attached hydrogens (tertiary/aromatic N) is 2. The quantitative estimate of drug-likeness (QED) is 0.279. The fraction of sp³-hybridized carbons (Fsp3) is 0.276. The molecule has 5 rings (SSSR count). The van der Waals surface area contributed by atoms with Crippen LogP contribution in [0.4, 0.5) is 4.39 Å². The summed E-state index contributed by atoms with van der Waals surface area (Å²) in [5.41, 5.74) is 2.72. The van der Waals surface area contributed by atoms with Gasteiger partial charge in [0.25, 0.3) is 5.79 Å². The van der Waals surface area contributed by atoms with Gasteiger partial charge in [-0.25, -0.2) is 9.18 Å². The number of hydrogen-bond donors (Lipinski definition) is 1. The number of rotatable bonds is 9. The summed E-state index contributed by atoms with van der Waals surface area (Å²) in [6.07, 6.45) is -0.123. The standard InChI is InChI=1S/C29H27FN2O7S/c1-15(2)38-27-24(36-4)11-16(12-25(27)37-5)10-19-26(17-6-8-21-22(13-17)32-40-31-21)28(33)39-29(19,34)18-7-9-23(35-3)20(30)14-18/h6-9,11-15,34H,10H2,1-5H3. The lowest BCUT2D eigenvalue weighted by atomic mass is 9.87. The Morgan fingerprint density at radius 3 is 2.25 bits per heavy atom. The Hall–Kier alpha value is -4.22. The van der Waals surface area contributed by atoms with Crippen LogP contribution in [-0.4, -0.2) is 47.3 Å². The number of methoxy groups -OCH3 is 3. The summed E-state index contributed by atoms with van der Waals surface area (Å²) >= 11 is 1.05. The third-order valence-electron chi connectivity index (χ3n) is 6.50. The lowest BCUT2D eigenvalue weighted by molar-refractivity contribution is -0.185. The average Bonchev–Trinajstić information content (AvgIpc) is 3.50. The molecule has 208 valence electrons. The van der Waals surface area contributed by atoms with Gasteiger partial charge in [-0.15, -0.1) is 0 Å². The molecule has 1 N–H and O–H groups in total. The first-order valence-electron chi connectivity index (χ1n) is 12.4. The van der Waals surface area contributed by atoms with Crippen molar-refractivity contribution >= 4 is 34.3 Å². The minimum atomic E-state index is -2.28. The number of fused-ring (bicyclic) bond motifs is 1. The SMILES string of the molecule is COc1ccc(C2(O)OC(=O)C(c3ccc4nsnc4c3)=C2Cc2cc(OC)c(OC(C)C)c(OC)c2)cc1F. The molecular formula is C29H27FN2O7S. The average molecular weight is 567 g/mol. The van der Waals surface area contributed by atoms with Crippen LogP contribution in [0.3, 0.4) is 0 Å². The highest BCUT2D eigenvalue weighted by molar-refractivity contribution is 7.00. The normalized spacial score (nSPS) is 16.9. The van der Waals surface area contributed by atoms with E-state index in [-0.39, 0.29) is 35.0 Å². The Kier molecular flexibility index (Phi) is 7.35. The Morgan fingerprint density at radius 2 is 1.62 bits per heavy atom. The van der Waals surface area contributed by atoms with E-state index in [0.717, 1.165) is 17.8 Å². The molecule has 0 saturated heterocycles. The number of aliphatic hydroxyl groups is 1. The van der Waals surface area contributed by atoms with Crippen molar-refractivity contribution in [3.8, 4) is 23.0 Å². The first kappa shape index (κ1) is 27.4. The molecule has 1 aliphatic heterocycles. The molecule has 11 heteroatoms. The van der Waals surface area contributed by atoms with E-state index in [2.05, 4.69) is 8.75 Å². The first-order chi connectivity index (χ1) is 19.2. The lowest BCUT2D eigenvalue weighted by Crippen LogP contribution is -2.30. The predicted octanol–water partition coefficient (Wildman–Crippen LogP) is 5.04. The van der Waals surface area contributed by atoms with Crippen LogP contribution in [0.2, 0.25) is 0 Å². The summed E-state index contributed by atoms with van der Waals surface area (Å²) in [4.78, 5) is 13.4. The minimum Gasteiger partial charge on any atom is -0.494 e. The van der Waals surface area contributed by atoms with E-state index in [1.165, 1.54) is 33.5 Å². The number of carbonyl (C=O) groups is 1. The van der Waals surface area contributed by atoms with Gasteiger partial charge in [-0.1, -0.05) is 6.07 Å². The van der Waals surface area contributed by atoms with E-state index in [1.54, 1.807) is 30.3 Å². The molecule has 1 aliphatic rings. The third kappa shape index (κ3) is 4.82. The summed E-state index contributed by atoms with van der Waals surface area (Å²) in [6.45, 7) is 3.77. The van der Waals surface area contributed by atoms with Gasteiger partial charge < -0.3 is 28.8 Å². The van der Waals surface area contributed by atoms with Gasteiger partial charge in [-0.3, -0.25) is 0 Å². The number of cyclic esters (lactones) is 1. The third-order valence-corrected chi connectivity index (χ3v) is 7.05. The van der Waals surface area contributed by atoms with Crippen LogP contribution in [0.5, 0.6) is 23.0 Å². The maximum Gasteiger partial charge on any atom is 0.342 e. The van der Waals surface area contributed by atoms with Gasteiger partial charge in [0.2, 0.25) is 5.75 Å². The van der Waals surface area contributed by atoms with Crippen molar-refractivity contribution in [2.45, 2.75) is 32.2 Å². The molecule has 0 spiro atoms. The number of esters is 1. The van der Waals surface area contributed by atoms with E-state index < -0.39 is 17.6 Å². The second-order valence-electron chi connectivity index (χ2n) is 9.38. The second-order valence-corrected chi connectivity index (χ2v) is 9.91. The molecule has 0 bridgehead atoms. The largest absolute Gasteiger partial charge is 0.494 e. The van der Waals surface area contributed by atoms with E-state index in [9.17, 15) is 14.3 Å². The topological polar surface area (TPSA) is 109 Å². The van der Waals surface area contributed by atoms with Crippen LogP contribution >= 0.6 is 11.7 Å². The Balaban J connectivity index is 1.70. The number of carbonyl (C=O) groups excluding carboxylic acids is 1. The summed E-state index contributed by atoms with van der Waals surface area (Å²) < 4.78 is 51.0. The van der Waals surface area contributed by atoms with Gasteiger partial charge in [0, 0.05) is 17.6 Å². The van der Waals surface area contributed by atoms with Gasteiger partial charge >= 0.3 is 5.97 Å². The molecule has 0 saturated carbocycles. The summed E-state index contributed by atoms with van der Waals surface area (Å²) in [5, 5.41) is 12.0. The van der Waals surface area contributed by atoms with E-state index in [4.69, 9.17) is 23.7 Å². The van der Waals surface area contributed by atoms with E-state index in [0.29, 0.717) is 39.4 Å². The minimum absolute atomic E-state index is 0.0147. The number of hydrogen-bond acceptors (Lipinski definition) is 10. The first-order valence-corrected chi connectivity index (χ1v) is 13.1. The molecule has 1 aromatic heterocycles. The molecular weight excluding hydrogens is 539 g/mol. The second kappa shape index (κ2) is 10.7. The molecule has 0 radical (unpaired) electrons. The fourth-order valence-corrected chi connectivity index (χ4v) is 5.20. The van der Waals surface area contributed by atoms with Gasteiger partial charge in [-0.05, 0) is 67.4 Å². The molecule has 3 aromatic carbocycles. The monoisotopic (exact) mass is 566 g/mol. The molecule has 1 atom stereocenters. The molecule has 1 unspecified atom stereocenters. The van der Waals surface area contributed by atoms with Crippen LogP contribution in [0.25, 0.3) is 16.6 Å². The van der Waals surface area contributed by atoms with Crippen LogP contribution in [0.1, 0.15) is 30.5 Å². The maximum atomic E-state index is 14.8. The molecule has 0 fully saturated rings. The zero-order chi connectivity index (χ0) is 28.6. The van der Waals surface area contributed by atoms with Crippen molar-refractivity contribution < 1.29 is 38.0 Å². The molecule has 40 heavy (non-hydrogen) atoms. The highest BCUT2D eigenvalue weighted by Gasteiger charge is 2.48. The summed E-state index contributed by atoms with van der Waals surface area (Å²) in [5.74, 6) is -2.54. The lowest BCUT2D eigenvalue weighted by Gasteiger charge is -2.26. The van der Waals surface area contributed by atoms with Crippen LogP contribution in [-0.2, 0) is 21.7 Å². The smallest absolute Gasteiger partial charge is 0.342 e. The van der Waals surface area contributed by atoms with Crippen LogP contribution < -0.4 is 18.9 Å². The molecule has 9 nitrogen and oxygen atoms in total. The van der Waals surface area contributed by atoms with Gasteiger partial charge in [0.1, 0.15) is 11.0 Å². The number of aromatic nitrogens is 2. The van der Waals surface area contributed by atoms with Crippen molar-refractivity contribution in [2.24, 2.45) is 0 Å². The van der Waals surface area contributed by atoms with Crippen molar-refractivity contribution in [1.29, 1.82) is 0 Å². The highest BCUT2D eigenvalue weighted by atomic mass is 32.1. The van der Waals surface area contributed by atoms with Crippen molar-refractivity contribution in [3.63, 3.8) is 0 Å². The zero-order valence-corrected chi connectivity index (χ0v) is 23.3. The summed E-state index contributed by atoms with van der Waals surface area (Å²) in [7, 11) is 4.35. The van der Waals surface area contributed by atoms with Crippen molar-refractivity contribution in [2.75, 3.05) is 21.3 Å². The number of benzene rings is 3. The zero-order valence-electron chi connectivity index (χ0n) is 22.5. The van der Waals surface area contributed by atoms with Gasteiger partial charge in [0.15, 0.2) is 23.1 Å². The molecule has 0 amide bonds. The summed E-state index contributed by atoms with van der Waals surface area (Å²) in [6, 6.07) is 12.5. The predicted molar refractivity (Wildman–Crippen MR) is 146 cm³/mol. The van der Waals surface area contributed by atoms with Gasteiger partial charge in [0.05, 0.1) is 44.7 Å². The van der Waals surface area contributed by atoms with Crippen molar-refractivity contribution in [1.82, 2.24) is 8.75 Å². The van der Waals surface area contributed by atoms with Crippen molar-refractivity contribution in [3.05, 3.63) is 76.6 Å². The molecule has 4 aromatic rings. The highest BCUT2D eigenvalue weighted by Crippen LogP contribution is 2.47. The van der Waals surface area contributed by atoms with Crippen LogP contribution in [0, 0.1) is 5.82 Å². The number of ether oxygens (including phenoxy) is 5. The fourth-order valence-electron chi connectivity index (χ4n) is 4.68. The Labute approximate surface area is 234 Å². The maximum absolute atomic E-state index is 14.8. The molecule has 2 heterocycles. The number of halogens is 1. The van der Waals surface area contributed by atoms with Gasteiger partial charge in [-0.2, -0.15) is 8.75 Å².